The Morgan fingerprint density at radius 3 is 2.21 bits per heavy atom. The number of rotatable bonds is 4. The molecule has 228 valence electrons. The van der Waals surface area contributed by atoms with Gasteiger partial charge < -0.3 is 34.3 Å². The lowest BCUT2D eigenvalue weighted by Crippen LogP contribution is -2.81. The minimum absolute atomic E-state index is 0.117. The fourth-order valence-electron chi connectivity index (χ4n) is 7.89. The molecule has 0 radical (unpaired) electrons. The minimum atomic E-state index is -2.11. The maximum atomic E-state index is 14.8. The quantitative estimate of drug-likeness (QED) is 0.348. The summed E-state index contributed by atoms with van der Waals surface area (Å²) in [5, 5.41) is 35.8. The van der Waals surface area contributed by atoms with Crippen LogP contribution in [0.2, 0.25) is 0 Å². The summed E-state index contributed by atoms with van der Waals surface area (Å²) >= 11 is 0. The molecule has 1 aromatic rings. The Morgan fingerprint density at radius 2 is 1.67 bits per heavy atom. The third kappa shape index (κ3) is 4.08. The molecule has 1 saturated heterocycles. The zero-order chi connectivity index (χ0) is 31.0. The number of esters is 3. The number of carbonyl (C=O) groups is 4. The molecule has 5 rings (SSSR count). The van der Waals surface area contributed by atoms with Crippen LogP contribution in [0.3, 0.4) is 0 Å². The molecule has 2 bridgehead atoms. The monoisotopic (exact) mass is 586 g/mol. The maximum Gasteiger partial charge on any atom is 0.338 e. The highest BCUT2D eigenvalue weighted by Gasteiger charge is 2.77. The molecule has 0 spiro atoms. The van der Waals surface area contributed by atoms with E-state index in [9.17, 15) is 34.5 Å². The number of fused-ring (bicyclic) bond motifs is 5. The van der Waals surface area contributed by atoms with Crippen LogP contribution >= 0.6 is 0 Å². The lowest BCUT2D eigenvalue weighted by atomic mass is 9.45. The number of ether oxygens (including phenoxy) is 4. The van der Waals surface area contributed by atoms with E-state index in [1.165, 1.54) is 26.0 Å². The summed E-state index contributed by atoms with van der Waals surface area (Å²) in [6.07, 6.45) is -5.61. The number of hydrogen-bond donors (Lipinski definition) is 3. The zero-order valence-electron chi connectivity index (χ0n) is 24.6. The van der Waals surface area contributed by atoms with E-state index in [-0.39, 0.29) is 30.6 Å². The molecule has 0 amide bonds. The predicted octanol–water partition coefficient (Wildman–Crippen LogP) is 1.86. The Hall–Kier alpha value is -3.12. The largest absolute Gasteiger partial charge is 0.455 e. The third-order valence-electron chi connectivity index (χ3n) is 10.2. The van der Waals surface area contributed by atoms with Crippen LogP contribution in [0, 0.1) is 22.7 Å². The first-order valence-electron chi connectivity index (χ1n) is 14.2. The summed E-state index contributed by atoms with van der Waals surface area (Å²) < 4.78 is 23.4. The average molecular weight is 587 g/mol. The van der Waals surface area contributed by atoms with Gasteiger partial charge in [0.1, 0.15) is 17.8 Å². The van der Waals surface area contributed by atoms with Gasteiger partial charge in [0, 0.05) is 38.0 Å². The molecule has 9 atom stereocenters. The van der Waals surface area contributed by atoms with Crippen LogP contribution < -0.4 is 0 Å². The fraction of sp³-hybridized carbons (Fsp3) is 0.613. The SMILES string of the molecule is CC(=O)OC1=C2C(C)[C@@H](O)C[C@@](O)([C@@H](OC(=O)c3ccccc3)[C@@H]3[C@]4(OC(C)=O)COC4CC(O)[C@@]3(C)C1=O)C2(C)C. The molecule has 3 N–H and O–H groups in total. The predicted molar refractivity (Wildman–Crippen MR) is 144 cm³/mol. The smallest absolute Gasteiger partial charge is 0.338 e. The van der Waals surface area contributed by atoms with Gasteiger partial charge in [0.05, 0.1) is 35.7 Å². The van der Waals surface area contributed by atoms with Gasteiger partial charge in [0.25, 0.3) is 0 Å². The zero-order valence-corrected chi connectivity index (χ0v) is 24.6. The topological polar surface area (TPSA) is 166 Å². The van der Waals surface area contributed by atoms with Crippen molar-refractivity contribution in [1.29, 1.82) is 0 Å². The lowest BCUT2D eigenvalue weighted by Gasteiger charge is -2.67. The summed E-state index contributed by atoms with van der Waals surface area (Å²) in [4.78, 5) is 53.4. The summed E-state index contributed by atoms with van der Waals surface area (Å²) in [5.41, 5.74) is -6.73. The molecule has 4 aliphatic rings. The highest BCUT2D eigenvalue weighted by Crippen LogP contribution is 2.64. The van der Waals surface area contributed by atoms with Crippen molar-refractivity contribution in [2.75, 3.05) is 6.61 Å². The van der Waals surface area contributed by atoms with Crippen molar-refractivity contribution in [3.63, 3.8) is 0 Å². The van der Waals surface area contributed by atoms with E-state index in [1.807, 2.05) is 0 Å². The second-order valence-corrected chi connectivity index (χ2v) is 12.8. The van der Waals surface area contributed by atoms with Crippen molar-refractivity contribution in [2.45, 2.75) is 90.0 Å². The Labute approximate surface area is 243 Å². The Morgan fingerprint density at radius 1 is 1.02 bits per heavy atom. The van der Waals surface area contributed by atoms with Gasteiger partial charge in [-0.1, -0.05) is 39.0 Å². The number of aliphatic hydroxyl groups excluding tert-OH is 2. The van der Waals surface area contributed by atoms with Crippen molar-refractivity contribution in [2.24, 2.45) is 22.7 Å². The first-order valence-corrected chi connectivity index (χ1v) is 14.2. The molecule has 2 saturated carbocycles. The molecule has 0 aromatic heterocycles. The molecular weight excluding hydrogens is 548 g/mol. The molecule has 1 heterocycles. The molecule has 1 aromatic carbocycles. The van der Waals surface area contributed by atoms with E-state index in [2.05, 4.69) is 0 Å². The maximum absolute atomic E-state index is 14.8. The van der Waals surface area contributed by atoms with Crippen molar-refractivity contribution in [1.82, 2.24) is 0 Å². The van der Waals surface area contributed by atoms with Gasteiger partial charge >= 0.3 is 17.9 Å². The highest BCUT2D eigenvalue weighted by molar-refractivity contribution is 6.02. The van der Waals surface area contributed by atoms with E-state index in [1.54, 1.807) is 39.0 Å². The molecule has 1 aliphatic heterocycles. The van der Waals surface area contributed by atoms with E-state index >= 15 is 0 Å². The van der Waals surface area contributed by atoms with Gasteiger partial charge in [0.15, 0.2) is 11.4 Å². The molecule has 11 nitrogen and oxygen atoms in total. The van der Waals surface area contributed by atoms with Crippen LogP contribution in [0.15, 0.2) is 41.7 Å². The summed E-state index contributed by atoms with van der Waals surface area (Å²) in [6.45, 7) is 8.45. The first-order chi connectivity index (χ1) is 19.5. The number of aliphatic hydroxyl groups is 3. The van der Waals surface area contributed by atoms with Gasteiger partial charge in [0.2, 0.25) is 5.78 Å². The van der Waals surface area contributed by atoms with Crippen LogP contribution in [-0.2, 0) is 33.3 Å². The Balaban J connectivity index is 1.86. The number of benzene rings is 1. The van der Waals surface area contributed by atoms with E-state index in [0.717, 1.165) is 6.92 Å². The molecular formula is C31H38O11. The van der Waals surface area contributed by atoms with Gasteiger partial charge in [-0.25, -0.2) is 4.79 Å². The lowest BCUT2D eigenvalue weighted by molar-refractivity contribution is -0.345. The third-order valence-corrected chi connectivity index (χ3v) is 10.2. The standard InChI is InChI=1S/C31H38O11/c1-15-19(34)13-31(38)26(41-27(37)18-10-8-7-9-11-18)24-29(6,20(35)12-21-30(24,14-39-21)42-17(3)33)25(36)23(40-16(2)32)22(15)28(31,4)5/h7-11,15,19-21,24,26,34-35,38H,12-14H2,1-6H3/t15?,19-,20?,21?,24-,26-,29+,30-,31+/m0/s1. The average Bonchev–Trinajstić information content (AvgIpc) is 2.90. The summed E-state index contributed by atoms with van der Waals surface area (Å²) in [6, 6.07) is 8.05. The number of carbonyl (C=O) groups excluding carboxylic acids is 4. The highest BCUT2D eigenvalue weighted by atomic mass is 16.6. The van der Waals surface area contributed by atoms with Crippen molar-refractivity contribution in [3.05, 3.63) is 47.2 Å². The Bertz CT molecular complexity index is 1350. The number of hydrogen-bond acceptors (Lipinski definition) is 11. The van der Waals surface area contributed by atoms with Crippen molar-refractivity contribution < 1.29 is 53.4 Å². The van der Waals surface area contributed by atoms with Crippen molar-refractivity contribution in [3.8, 4) is 0 Å². The normalized spacial score (nSPS) is 40.4. The van der Waals surface area contributed by atoms with Crippen LogP contribution in [0.25, 0.3) is 0 Å². The summed E-state index contributed by atoms with van der Waals surface area (Å²) in [7, 11) is 0. The van der Waals surface area contributed by atoms with Crippen LogP contribution in [-0.4, -0.2) is 81.2 Å². The van der Waals surface area contributed by atoms with Crippen LogP contribution in [0.5, 0.6) is 0 Å². The molecule has 11 heteroatoms. The summed E-state index contributed by atoms with van der Waals surface area (Å²) in [5.74, 6) is -5.67. The number of allylic oxidation sites excluding steroid dienone is 1. The van der Waals surface area contributed by atoms with Gasteiger partial charge in [-0.05, 0) is 24.6 Å². The fourth-order valence-corrected chi connectivity index (χ4v) is 7.89. The van der Waals surface area contributed by atoms with Gasteiger partial charge in [-0.2, -0.15) is 0 Å². The minimum Gasteiger partial charge on any atom is -0.455 e. The number of ketones is 1. The van der Waals surface area contributed by atoms with E-state index in [4.69, 9.17) is 18.9 Å². The molecule has 3 aliphatic carbocycles. The van der Waals surface area contributed by atoms with Crippen LogP contribution in [0.1, 0.15) is 64.7 Å². The van der Waals surface area contributed by atoms with Gasteiger partial charge in [-0.15, -0.1) is 0 Å². The number of Topliss-reactive ketones (excluding diaryl/α,β-unsaturated/α-hetero) is 1. The molecule has 42 heavy (non-hydrogen) atoms. The first kappa shape index (κ1) is 30.3. The van der Waals surface area contributed by atoms with E-state index in [0.29, 0.717) is 0 Å². The van der Waals surface area contributed by atoms with Crippen molar-refractivity contribution >= 4 is 23.7 Å². The van der Waals surface area contributed by atoms with E-state index < -0.39 is 87.7 Å². The second kappa shape index (κ2) is 9.97. The molecule has 3 fully saturated rings. The Kier molecular flexibility index (Phi) is 7.20. The van der Waals surface area contributed by atoms with Crippen LogP contribution in [0.4, 0.5) is 0 Å². The second-order valence-electron chi connectivity index (χ2n) is 12.8. The van der Waals surface area contributed by atoms with Gasteiger partial charge in [-0.3, -0.25) is 14.4 Å². The molecule has 3 unspecified atom stereocenters.